The Morgan fingerprint density at radius 1 is 1.69 bits per heavy atom. The van der Waals surface area contributed by atoms with Crippen molar-refractivity contribution in [3.63, 3.8) is 0 Å². The van der Waals surface area contributed by atoms with Gasteiger partial charge < -0.3 is 0 Å². The molecule has 1 aliphatic rings. The van der Waals surface area contributed by atoms with Crippen LogP contribution in [0.2, 0.25) is 0 Å². The molecule has 1 atom stereocenters. The second kappa shape index (κ2) is 5.29. The van der Waals surface area contributed by atoms with E-state index in [-0.39, 0.29) is 6.04 Å². The number of rotatable bonds is 3. The van der Waals surface area contributed by atoms with Gasteiger partial charge in [0.1, 0.15) is 0 Å². The second-order valence-electron chi connectivity index (χ2n) is 4.07. The molecule has 16 heavy (non-hydrogen) atoms. The summed E-state index contributed by atoms with van der Waals surface area (Å²) in [6.07, 6.45) is 0.486. The van der Waals surface area contributed by atoms with Gasteiger partial charge in [0, 0.05) is 23.4 Å². The molecule has 0 spiro atoms. The lowest BCUT2D eigenvalue weighted by molar-refractivity contribution is -0.122. The van der Waals surface area contributed by atoms with Gasteiger partial charge in [-0.15, -0.1) is 11.3 Å². The molecule has 0 saturated carbocycles. The predicted octanol–water partition coefficient (Wildman–Crippen LogP) is 1.61. The van der Waals surface area contributed by atoms with Gasteiger partial charge in [0.25, 0.3) is 0 Å². The predicted molar refractivity (Wildman–Crippen MR) is 69.3 cm³/mol. The van der Waals surface area contributed by atoms with Crippen molar-refractivity contribution in [3.8, 4) is 0 Å². The second-order valence-corrected chi connectivity index (χ2v) is 6.28. The molecule has 1 aliphatic heterocycles. The molecule has 1 unspecified atom stereocenters. The monoisotopic (exact) mass is 256 g/mol. The van der Waals surface area contributed by atoms with Crippen LogP contribution in [0.1, 0.15) is 10.7 Å². The summed E-state index contributed by atoms with van der Waals surface area (Å²) in [6.45, 7) is 2.98. The summed E-state index contributed by atoms with van der Waals surface area (Å²) in [5, 5.41) is 3.03. The summed E-state index contributed by atoms with van der Waals surface area (Å²) in [5.41, 5.74) is 0.927. The van der Waals surface area contributed by atoms with E-state index < -0.39 is 0 Å². The summed E-state index contributed by atoms with van der Waals surface area (Å²) in [5.74, 6) is 2.37. The van der Waals surface area contributed by atoms with Crippen LogP contribution in [0.3, 0.4) is 0 Å². The van der Waals surface area contributed by atoms with Crippen molar-refractivity contribution >= 4 is 28.9 Å². The molecule has 88 valence electrons. The number of thioether (sulfide) groups is 1. The Kier molecular flexibility index (Phi) is 4.00. The first-order valence-corrected chi connectivity index (χ1v) is 7.42. The maximum atomic E-state index is 12.1. The fraction of sp³-hybridized carbons (Fsp3) is 0.636. The number of hydrogen-bond acceptors (Lipinski definition) is 5. The average molecular weight is 256 g/mol. The summed E-state index contributed by atoms with van der Waals surface area (Å²) in [6, 6.07) is 0.0840. The zero-order chi connectivity index (χ0) is 11.5. The Labute approximate surface area is 104 Å². The van der Waals surface area contributed by atoms with E-state index in [0.29, 0.717) is 12.2 Å². The van der Waals surface area contributed by atoms with Crippen LogP contribution in [0.5, 0.6) is 0 Å². The Morgan fingerprint density at radius 2 is 2.50 bits per heavy atom. The lowest BCUT2D eigenvalue weighted by Crippen LogP contribution is -2.45. The highest BCUT2D eigenvalue weighted by Gasteiger charge is 2.26. The Bertz CT molecular complexity index is 378. The van der Waals surface area contributed by atoms with Crippen molar-refractivity contribution in [1.29, 1.82) is 0 Å². The van der Waals surface area contributed by atoms with Crippen molar-refractivity contribution in [2.24, 2.45) is 0 Å². The number of ketones is 1. The molecule has 0 amide bonds. The quantitative estimate of drug-likeness (QED) is 0.822. The molecule has 2 heterocycles. The molecule has 3 nitrogen and oxygen atoms in total. The molecule has 0 bridgehead atoms. The number of carbonyl (C=O) groups excluding carboxylic acids is 1. The number of nitrogens with zero attached hydrogens (tertiary/aromatic N) is 2. The van der Waals surface area contributed by atoms with Crippen molar-refractivity contribution in [2.75, 3.05) is 25.1 Å². The fourth-order valence-corrected chi connectivity index (χ4v) is 3.67. The summed E-state index contributed by atoms with van der Waals surface area (Å²) >= 11 is 3.48. The summed E-state index contributed by atoms with van der Waals surface area (Å²) in [7, 11) is 2.04. The largest absolute Gasteiger partial charge is 0.297 e. The molecule has 5 heteroatoms. The molecule has 2 rings (SSSR count). The maximum absolute atomic E-state index is 12.1. The lowest BCUT2D eigenvalue weighted by atomic mass is 10.1. The first-order valence-electron chi connectivity index (χ1n) is 5.38. The minimum Gasteiger partial charge on any atom is -0.297 e. The molecule has 0 aliphatic carbocycles. The van der Waals surface area contributed by atoms with Crippen LogP contribution in [-0.4, -0.2) is 46.8 Å². The van der Waals surface area contributed by atoms with Crippen LogP contribution >= 0.6 is 23.1 Å². The van der Waals surface area contributed by atoms with Crippen molar-refractivity contribution < 1.29 is 4.79 Å². The van der Waals surface area contributed by atoms with Crippen molar-refractivity contribution in [1.82, 2.24) is 9.88 Å². The van der Waals surface area contributed by atoms with Gasteiger partial charge in [-0.2, -0.15) is 11.8 Å². The van der Waals surface area contributed by atoms with Crippen LogP contribution in [0.15, 0.2) is 5.38 Å². The summed E-state index contributed by atoms with van der Waals surface area (Å²) < 4.78 is 0. The topological polar surface area (TPSA) is 33.2 Å². The number of thiazole rings is 1. The third-order valence-corrected chi connectivity index (χ3v) is 4.63. The normalized spacial score (nSPS) is 22.2. The number of aryl methyl sites for hydroxylation is 1. The molecule has 1 aromatic rings. The van der Waals surface area contributed by atoms with Gasteiger partial charge in [0.05, 0.1) is 23.2 Å². The SMILES string of the molecule is Cc1nc(CC(=O)C2CSCCN2C)cs1. The molecule has 1 aromatic heterocycles. The van der Waals surface area contributed by atoms with Gasteiger partial charge in [0.15, 0.2) is 5.78 Å². The minimum atomic E-state index is 0.0840. The molecular formula is C11H16N2OS2. The zero-order valence-corrected chi connectivity index (χ0v) is 11.2. The van der Waals surface area contributed by atoms with Gasteiger partial charge in [-0.25, -0.2) is 4.98 Å². The highest BCUT2D eigenvalue weighted by atomic mass is 32.2. The van der Waals surface area contributed by atoms with Gasteiger partial charge in [-0.05, 0) is 14.0 Å². The molecular weight excluding hydrogens is 240 g/mol. The van der Waals surface area contributed by atoms with E-state index in [1.807, 2.05) is 31.1 Å². The number of aromatic nitrogens is 1. The van der Waals surface area contributed by atoms with Crippen LogP contribution in [0.25, 0.3) is 0 Å². The van der Waals surface area contributed by atoms with E-state index in [9.17, 15) is 4.79 Å². The number of likely N-dealkylation sites (N-methyl/N-ethyl adjacent to an activating group) is 1. The molecule has 0 radical (unpaired) electrons. The average Bonchev–Trinajstić information content (AvgIpc) is 2.64. The number of hydrogen-bond donors (Lipinski definition) is 0. The Balaban J connectivity index is 1.96. The third-order valence-electron chi connectivity index (χ3n) is 2.79. The first kappa shape index (κ1) is 12.1. The first-order chi connectivity index (χ1) is 7.66. The van der Waals surface area contributed by atoms with Gasteiger partial charge in [0.2, 0.25) is 0 Å². The smallest absolute Gasteiger partial charge is 0.156 e. The zero-order valence-electron chi connectivity index (χ0n) is 9.60. The Hall–Kier alpha value is -0.390. The third kappa shape index (κ3) is 2.84. The molecule has 1 saturated heterocycles. The van der Waals surface area contributed by atoms with Crippen LogP contribution in [-0.2, 0) is 11.2 Å². The standard InChI is InChI=1S/C11H16N2OS2/c1-8-12-9(6-16-8)5-11(14)10-7-15-4-3-13(10)2/h6,10H,3-5,7H2,1-2H3. The summed E-state index contributed by atoms with van der Waals surface area (Å²) in [4.78, 5) is 18.6. The number of carbonyl (C=O) groups is 1. The van der Waals surface area contributed by atoms with Crippen molar-refractivity contribution in [3.05, 3.63) is 16.1 Å². The van der Waals surface area contributed by atoms with Crippen LogP contribution < -0.4 is 0 Å². The van der Waals surface area contributed by atoms with Gasteiger partial charge in [-0.1, -0.05) is 0 Å². The van der Waals surface area contributed by atoms with E-state index in [2.05, 4.69) is 9.88 Å². The van der Waals surface area contributed by atoms with Crippen LogP contribution in [0, 0.1) is 6.92 Å². The van der Waals surface area contributed by atoms with E-state index >= 15 is 0 Å². The maximum Gasteiger partial charge on any atom is 0.156 e. The van der Waals surface area contributed by atoms with E-state index in [1.54, 1.807) is 11.3 Å². The van der Waals surface area contributed by atoms with Crippen molar-refractivity contribution in [2.45, 2.75) is 19.4 Å². The van der Waals surface area contributed by atoms with E-state index in [4.69, 9.17) is 0 Å². The van der Waals surface area contributed by atoms with Crippen LogP contribution in [0.4, 0.5) is 0 Å². The number of Topliss-reactive ketones (excluding diaryl/α,β-unsaturated/α-hetero) is 1. The lowest BCUT2D eigenvalue weighted by Gasteiger charge is -2.30. The Morgan fingerprint density at radius 3 is 3.12 bits per heavy atom. The minimum absolute atomic E-state index is 0.0840. The molecule has 1 fully saturated rings. The molecule has 0 N–H and O–H groups in total. The van der Waals surface area contributed by atoms with Gasteiger partial charge in [-0.3, -0.25) is 9.69 Å². The fourth-order valence-electron chi connectivity index (χ4n) is 1.81. The van der Waals surface area contributed by atoms with Gasteiger partial charge >= 0.3 is 0 Å². The highest BCUT2D eigenvalue weighted by molar-refractivity contribution is 7.99. The highest BCUT2D eigenvalue weighted by Crippen LogP contribution is 2.17. The van der Waals surface area contributed by atoms with E-state index in [1.165, 1.54) is 0 Å². The van der Waals surface area contributed by atoms with E-state index in [0.717, 1.165) is 28.8 Å². The molecule has 0 aromatic carbocycles.